The van der Waals surface area contributed by atoms with Gasteiger partial charge in [0.25, 0.3) is 0 Å². The number of aromatic nitrogens is 2. The Labute approximate surface area is 124 Å². The first-order valence-corrected chi connectivity index (χ1v) is 6.50. The van der Waals surface area contributed by atoms with Gasteiger partial charge in [-0.15, -0.1) is 0 Å². The van der Waals surface area contributed by atoms with Crippen molar-refractivity contribution in [2.24, 2.45) is 5.73 Å². The zero-order chi connectivity index (χ0) is 16.9. The van der Waals surface area contributed by atoms with Crippen LogP contribution in [0.4, 0.5) is 13.2 Å². The van der Waals surface area contributed by atoms with Crippen LogP contribution in [0.1, 0.15) is 40.4 Å². The lowest BCUT2D eigenvalue weighted by Gasteiger charge is -2.10. The summed E-state index contributed by atoms with van der Waals surface area (Å²) in [5.74, 6) is -2.50. The number of ether oxygens (including phenoxy) is 2. The van der Waals surface area contributed by atoms with E-state index in [2.05, 4.69) is 14.6 Å². The molecule has 0 aliphatic carbocycles. The van der Waals surface area contributed by atoms with Crippen molar-refractivity contribution in [3.8, 4) is 0 Å². The number of hydrogen-bond donors (Lipinski definition) is 1. The second-order valence-corrected chi connectivity index (χ2v) is 4.02. The van der Waals surface area contributed by atoms with Crippen LogP contribution in [0.3, 0.4) is 0 Å². The highest BCUT2D eigenvalue weighted by Gasteiger charge is 2.45. The van der Waals surface area contributed by atoms with Crippen LogP contribution in [0.15, 0.2) is 0 Å². The third-order valence-electron chi connectivity index (χ3n) is 2.51. The topological polar surface area (TPSA) is 96.4 Å². The van der Waals surface area contributed by atoms with Crippen molar-refractivity contribution in [2.45, 2.75) is 26.6 Å². The van der Waals surface area contributed by atoms with Crippen LogP contribution in [0, 0.1) is 0 Å². The molecule has 0 bridgehead atoms. The number of carbonyl (C=O) groups excluding carboxylic acids is 2. The van der Waals surface area contributed by atoms with Gasteiger partial charge in [-0.3, -0.25) is 4.68 Å². The largest absolute Gasteiger partial charge is 0.461 e. The number of carbonyl (C=O) groups is 2. The van der Waals surface area contributed by atoms with Crippen LogP contribution in [-0.4, -0.2) is 41.5 Å². The molecule has 0 unspecified atom stereocenters. The fourth-order valence-electron chi connectivity index (χ4n) is 1.76. The molecule has 0 atom stereocenters. The standard InChI is InChI=1S/C12H16F3N3O4/c1-3-21-10(19)8-7(12(13,14)15)9(11(20)22-4-2)18(17-8)6-5-16/h3-6,16H2,1-2H3. The lowest BCUT2D eigenvalue weighted by atomic mass is 10.1. The summed E-state index contributed by atoms with van der Waals surface area (Å²) >= 11 is 0. The molecule has 0 aliphatic heterocycles. The summed E-state index contributed by atoms with van der Waals surface area (Å²) in [6.07, 6.45) is -4.98. The molecule has 1 rings (SSSR count). The van der Waals surface area contributed by atoms with Gasteiger partial charge in [-0.05, 0) is 13.8 Å². The number of nitrogens with zero attached hydrogens (tertiary/aromatic N) is 2. The normalized spacial score (nSPS) is 11.4. The molecule has 0 aliphatic rings. The van der Waals surface area contributed by atoms with Crippen molar-refractivity contribution in [2.75, 3.05) is 19.8 Å². The van der Waals surface area contributed by atoms with E-state index in [-0.39, 0.29) is 26.3 Å². The van der Waals surface area contributed by atoms with Crippen molar-refractivity contribution in [3.05, 3.63) is 17.0 Å². The quantitative estimate of drug-likeness (QED) is 0.791. The van der Waals surface area contributed by atoms with Gasteiger partial charge >= 0.3 is 18.1 Å². The molecular weight excluding hydrogens is 307 g/mol. The van der Waals surface area contributed by atoms with Crippen molar-refractivity contribution >= 4 is 11.9 Å². The Morgan fingerprint density at radius 1 is 1.18 bits per heavy atom. The minimum atomic E-state index is -4.98. The van der Waals surface area contributed by atoms with E-state index in [0.717, 1.165) is 0 Å². The molecule has 124 valence electrons. The van der Waals surface area contributed by atoms with E-state index in [1.54, 1.807) is 0 Å². The summed E-state index contributed by atoms with van der Waals surface area (Å²) in [6, 6.07) is 0. The summed E-state index contributed by atoms with van der Waals surface area (Å²) in [4.78, 5) is 23.5. The number of halogens is 3. The van der Waals surface area contributed by atoms with E-state index < -0.39 is 35.1 Å². The minimum Gasteiger partial charge on any atom is -0.461 e. The molecule has 0 fully saturated rings. The second-order valence-electron chi connectivity index (χ2n) is 4.02. The average Bonchev–Trinajstić information content (AvgIpc) is 2.79. The second kappa shape index (κ2) is 7.25. The molecule has 10 heteroatoms. The molecule has 0 spiro atoms. The molecule has 2 N–H and O–H groups in total. The summed E-state index contributed by atoms with van der Waals surface area (Å²) < 4.78 is 49.7. The predicted octanol–water partition coefficient (Wildman–Crippen LogP) is 1.21. The van der Waals surface area contributed by atoms with Crippen LogP contribution in [0.25, 0.3) is 0 Å². The Kier molecular flexibility index (Phi) is 5.92. The van der Waals surface area contributed by atoms with E-state index in [9.17, 15) is 22.8 Å². The fraction of sp³-hybridized carbons (Fsp3) is 0.583. The highest BCUT2D eigenvalue weighted by atomic mass is 19.4. The first kappa shape index (κ1) is 18.0. The molecule has 7 nitrogen and oxygen atoms in total. The molecule has 0 saturated heterocycles. The molecule has 1 heterocycles. The smallest absolute Gasteiger partial charge is 0.421 e. The summed E-state index contributed by atoms with van der Waals surface area (Å²) in [5.41, 5.74) is 1.98. The molecule has 22 heavy (non-hydrogen) atoms. The third-order valence-corrected chi connectivity index (χ3v) is 2.51. The third kappa shape index (κ3) is 3.75. The Hall–Kier alpha value is -2.10. The van der Waals surface area contributed by atoms with Gasteiger partial charge < -0.3 is 15.2 Å². The number of hydrogen-bond acceptors (Lipinski definition) is 6. The molecule has 0 amide bonds. The molecule has 1 aromatic heterocycles. The molecule has 1 aromatic rings. The zero-order valence-electron chi connectivity index (χ0n) is 12.1. The Morgan fingerprint density at radius 3 is 2.18 bits per heavy atom. The highest BCUT2D eigenvalue weighted by Crippen LogP contribution is 2.35. The number of rotatable bonds is 6. The summed E-state index contributed by atoms with van der Waals surface area (Å²) in [6.45, 7) is 2.37. The van der Waals surface area contributed by atoms with Crippen molar-refractivity contribution < 1.29 is 32.2 Å². The van der Waals surface area contributed by atoms with Gasteiger partial charge in [0.2, 0.25) is 0 Å². The van der Waals surface area contributed by atoms with Gasteiger partial charge in [0.05, 0.1) is 19.8 Å². The predicted molar refractivity (Wildman–Crippen MR) is 68.2 cm³/mol. The van der Waals surface area contributed by atoms with Gasteiger partial charge in [0, 0.05) is 6.54 Å². The lowest BCUT2D eigenvalue weighted by molar-refractivity contribution is -0.138. The zero-order valence-corrected chi connectivity index (χ0v) is 12.1. The van der Waals surface area contributed by atoms with Gasteiger partial charge in [-0.1, -0.05) is 0 Å². The Morgan fingerprint density at radius 2 is 1.73 bits per heavy atom. The maximum absolute atomic E-state index is 13.3. The van der Waals surface area contributed by atoms with Gasteiger partial charge in [-0.2, -0.15) is 18.3 Å². The monoisotopic (exact) mass is 323 g/mol. The maximum Gasteiger partial charge on any atom is 0.421 e. The Balaban J connectivity index is 3.55. The van der Waals surface area contributed by atoms with Crippen LogP contribution in [0.2, 0.25) is 0 Å². The molecule has 0 radical (unpaired) electrons. The first-order valence-electron chi connectivity index (χ1n) is 6.50. The van der Waals surface area contributed by atoms with Crippen LogP contribution in [0.5, 0.6) is 0 Å². The molecule has 0 saturated carbocycles. The van der Waals surface area contributed by atoms with Gasteiger partial charge in [0.1, 0.15) is 5.56 Å². The van der Waals surface area contributed by atoms with Crippen LogP contribution < -0.4 is 5.73 Å². The molecule has 0 aromatic carbocycles. The van der Waals surface area contributed by atoms with Gasteiger partial charge in [0.15, 0.2) is 11.4 Å². The van der Waals surface area contributed by atoms with E-state index in [1.165, 1.54) is 13.8 Å². The number of nitrogens with two attached hydrogens (primary N) is 1. The van der Waals surface area contributed by atoms with E-state index in [0.29, 0.717) is 4.68 Å². The van der Waals surface area contributed by atoms with Crippen molar-refractivity contribution in [1.82, 2.24) is 9.78 Å². The fourth-order valence-corrected chi connectivity index (χ4v) is 1.76. The summed E-state index contributed by atoms with van der Waals surface area (Å²) in [7, 11) is 0. The molecular formula is C12H16F3N3O4. The first-order chi connectivity index (χ1) is 10.3. The van der Waals surface area contributed by atoms with E-state index in [4.69, 9.17) is 5.73 Å². The maximum atomic E-state index is 13.3. The Bertz CT molecular complexity index is 555. The highest BCUT2D eigenvalue weighted by molar-refractivity contribution is 5.96. The summed E-state index contributed by atoms with van der Waals surface area (Å²) in [5, 5.41) is 3.53. The van der Waals surface area contributed by atoms with Gasteiger partial charge in [-0.25, -0.2) is 9.59 Å². The van der Waals surface area contributed by atoms with Crippen molar-refractivity contribution in [3.63, 3.8) is 0 Å². The van der Waals surface area contributed by atoms with E-state index >= 15 is 0 Å². The van der Waals surface area contributed by atoms with E-state index in [1.807, 2.05) is 0 Å². The number of esters is 2. The average molecular weight is 323 g/mol. The number of alkyl halides is 3. The minimum absolute atomic E-state index is 0.0757. The van der Waals surface area contributed by atoms with Crippen LogP contribution >= 0.6 is 0 Å². The van der Waals surface area contributed by atoms with Crippen molar-refractivity contribution in [1.29, 1.82) is 0 Å². The lowest BCUT2D eigenvalue weighted by Crippen LogP contribution is -2.21. The SMILES string of the molecule is CCOC(=O)c1nn(CCN)c(C(=O)OCC)c1C(F)(F)F. The van der Waals surface area contributed by atoms with Crippen LogP contribution in [-0.2, 0) is 22.2 Å².